The third kappa shape index (κ3) is 4.92. The number of nitrogens with one attached hydrogen (secondary N) is 1. The van der Waals surface area contributed by atoms with E-state index < -0.39 is 0 Å². The van der Waals surface area contributed by atoms with E-state index in [-0.39, 0.29) is 17.2 Å². The highest BCUT2D eigenvalue weighted by Gasteiger charge is 2.24. The Balaban J connectivity index is 1.82. The van der Waals surface area contributed by atoms with Crippen molar-refractivity contribution in [3.63, 3.8) is 0 Å². The van der Waals surface area contributed by atoms with E-state index in [0.29, 0.717) is 0 Å². The fourth-order valence-electron chi connectivity index (χ4n) is 2.93. The molecule has 3 rings (SSSR count). The molecule has 4 heteroatoms. The molecule has 1 amide bonds. The number of thioether (sulfide) groups is 1. The second-order valence-corrected chi connectivity index (χ2v) is 7.37. The first-order valence-electron chi connectivity index (χ1n) is 8.89. The molecule has 0 unspecified atom stereocenters. The predicted octanol–water partition coefficient (Wildman–Crippen LogP) is 5.41. The maximum atomic E-state index is 13.2. The Morgan fingerprint density at radius 2 is 1.48 bits per heavy atom. The topological polar surface area (TPSA) is 38.3 Å². The molecule has 0 aromatic heterocycles. The summed E-state index contributed by atoms with van der Waals surface area (Å²) in [5.41, 5.74) is 1.95. The molecule has 3 nitrogen and oxygen atoms in total. The summed E-state index contributed by atoms with van der Waals surface area (Å²) < 4.78 is 5.43. The number of hydrogen-bond donors (Lipinski definition) is 1. The molecule has 138 valence electrons. The normalized spacial score (nSPS) is 12.8. The molecule has 27 heavy (non-hydrogen) atoms. The van der Waals surface area contributed by atoms with Crippen LogP contribution in [0.2, 0.25) is 0 Å². The summed E-state index contributed by atoms with van der Waals surface area (Å²) in [5.74, 6) is 0.755. The lowest BCUT2D eigenvalue weighted by atomic mass is 10.1. The number of rotatable bonds is 7. The lowest BCUT2D eigenvalue weighted by Crippen LogP contribution is -2.30. The SMILES string of the molecule is COc1ccccc1[C@@H](C)NC(=O)[C@H](Sc1ccccc1)c1ccccc1. The first-order chi connectivity index (χ1) is 13.2. The number of para-hydroxylation sites is 1. The molecule has 0 bridgehead atoms. The van der Waals surface area contributed by atoms with Crippen molar-refractivity contribution in [1.29, 1.82) is 0 Å². The third-order valence-corrected chi connectivity index (χ3v) is 5.57. The van der Waals surface area contributed by atoms with Crippen molar-refractivity contribution in [3.8, 4) is 5.75 Å². The van der Waals surface area contributed by atoms with E-state index in [0.717, 1.165) is 21.8 Å². The van der Waals surface area contributed by atoms with Crippen LogP contribution in [0.15, 0.2) is 89.8 Å². The number of amides is 1. The van der Waals surface area contributed by atoms with E-state index in [9.17, 15) is 4.79 Å². The van der Waals surface area contributed by atoms with Crippen molar-refractivity contribution in [2.24, 2.45) is 0 Å². The maximum absolute atomic E-state index is 13.2. The van der Waals surface area contributed by atoms with Crippen LogP contribution in [0.4, 0.5) is 0 Å². The Morgan fingerprint density at radius 3 is 2.15 bits per heavy atom. The van der Waals surface area contributed by atoms with Gasteiger partial charge in [-0.1, -0.05) is 66.7 Å². The molecule has 0 heterocycles. The second kappa shape index (κ2) is 9.28. The Hall–Kier alpha value is -2.72. The van der Waals surface area contributed by atoms with Gasteiger partial charge < -0.3 is 10.1 Å². The predicted molar refractivity (Wildman–Crippen MR) is 111 cm³/mol. The third-order valence-electron chi connectivity index (χ3n) is 4.30. The van der Waals surface area contributed by atoms with Crippen LogP contribution in [0.1, 0.15) is 29.3 Å². The maximum Gasteiger partial charge on any atom is 0.238 e. The highest BCUT2D eigenvalue weighted by Crippen LogP contribution is 2.36. The quantitative estimate of drug-likeness (QED) is 0.560. The minimum atomic E-state index is -0.328. The van der Waals surface area contributed by atoms with Crippen molar-refractivity contribution in [3.05, 3.63) is 96.1 Å². The molecule has 0 fully saturated rings. The van der Waals surface area contributed by atoms with Gasteiger partial charge in [-0.25, -0.2) is 0 Å². The van der Waals surface area contributed by atoms with Crippen molar-refractivity contribution >= 4 is 17.7 Å². The van der Waals surface area contributed by atoms with Crippen LogP contribution in [-0.4, -0.2) is 13.0 Å². The molecular weight excluding hydrogens is 354 g/mol. The smallest absolute Gasteiger partial charge is 0.238 e. The molecule has 0 aliphatic heterocycles. The summed E-state index contributed by atoms with van der Waals surface area (Å²) in [6.07, 6.45) is 0. The second-order valence-electron chi connectivity index (χ2n) is 6.19. The van der Waals surface area contributed by atoms with Gasteiger partial charge in [-0.2, -0.15) is 0 Å². The van der Waals surface area contributed by atoms with Gasteiger partial charge in [0.25, 0.3) is 0 Å². The minimum absolute atomic E-state index is 0.0199. The number of methoxy groups -OCH3 is 1. The van der Waals surface area contributed by atoms with Gasteiger partial charge in [0, 0.05) is 10.5 Å². The number of benzene rings is 3. The fourth-order valence-corrected chi connectivity index (χ4v) is 3.98. The van der Waals surface area contributed by atoms with Crippen LogP contribution in [0.25, 0.3) is 0 Å². The van der Waals surface area contributed by atoms with Crippen LogP contribution in [0.3, 0.4) is 0 Å². The molecule has 3 aromatic rings. The standard InChI is InChI=1S/C23H23NO2S/c1-17(20-15-9-10-16-21(20)26-2)24-23(25)22(18-11-5-3-6-12-18)27-19-13-7-4-8-14-19/h3-17,22H,1-2H3,(H,24,25)/t17-,22-/m1/s1. The summed E-state index contributed by atoms with van der Waals surface area (Å²) >= 11 is 1.55. The summed E-state index contributed by atoms with van der Waals surface area (Å²) in [5, 5.41) is 2.82. The van der Waals surface area contributed by atoms with E-state index in [4.69, 9.17) is 4.74 Å². The highest BCUT2D eigenvalue weighted by atomic mass is 32.2. The summed E-state index contributed by atoms with van der Waals surface area (Å²) in [6.45, 7) is 1.98. The fraction of sp³-hybridized carbons (Fsp3) is 0.174. The molecule has 0 saturated heterocycles. The van der Waals surface area contributed by atoms with Crippen molar-refractivity contribution < 1.29 is 9.53 Å². The molecule has 0 aliphatic carbocycles. The Morgan fingerprint density at radius 1 is 0.889 bits per heavy atom. The molecule has 3 aromatic carbocycles. The van der Waals surface area contributed by atoms with E-state index >= 15 is 0 Å². The zero-order chi connectivity index (χ0) is 19.1. The van der Waals surface area contributed by atoms with Crippen LogP contribution >= 0.6 is 11.8 Å². The lowest BCUT2D eigenvalue weighted by Gasteiger charge is -2.22. The molecular formula is C23H23NO2S. The average molecular weight is 378 g/mol. The molecule has 0 aliphatic rings. The molecule has 0 saturated carbocycles. The van der Waals surface area contributed by atoms with Crippen LogP contribution < -0.4 is 10.1 Å². The van der Waals surface area contributed by atoms with Gasteiger partial charge in [-0.3, -0.25) is 4.79 Å². The van der Waals surface area contributed by atoms with Gasteiger partial charge in [-0.05, 0) is 30.7 Å². The van der Waals surface area contributed by atoms with E-state index in [2.05, 4.69) is 5.32 Å². The first kappa shape index (κ1) is 19.1. The number of carbonyl (C=O) groups is 1. The largest absolute Gasteiger partial charge is 0.496 e. The monoisotopic (exact) mass is 377 g/mol. The number of hydrogen-bond acceptors (Lipinski definition) is 3. The van der Waals surface area contributed by atoms with Crippen molar-refractivity contribution in [1.82, 2.24) is 5.32 Å². The molecule has 2 atom stereocenters. The Labute approximate surface area is 164 Å². The number of ether oxygens (including phenoxy) is 1. The van der Waals surface area contributed by atoms with Crippen LogP contribution in [-0.2, 0) is 4.79 Å². The zero-order valence-corrected chi connectivity index (χ0v) is 16.3. The van der Waals surface area contributed by atoms with Crippen molar-refractivity contribution in [2.75, 3.05) is 7.11 Å². The van der Waals surface area contributed by atoms with E-state index in [1.54, 1.807) is 18.9 Å². The van der Waals surface area contributed by atoms with Crippen LogP contribution in [0, 0.1) is 0 Å². The lowest BCUT2D eigenvalue weighted by molar-refractivity contribution is -0.121. The molecule has 1 N–H and O–H groups in total. The summed E-state index contributed by atoms with van der Waals surface area (Å²) in [7, 11) is 1.64. The van der Waals surface area contributed by atoms with Gasteiger partial charge >= 0.3 is 0 Å². The van der Waals surface area contributed by atoms with Crippen molar-refractivity contribution in [2.45, 2.75) is 23.1 Å². The van der Waals surface area contributed by atoms with Gasteiger partial charge in [0.1, 0.15) is 11.0 Å². The molecule has 0 spiro atoms. The Bertz CT molecular complexity index is 868. The van der Waals surface area contributed by atoms with Crippen LogP contribution in [0.5, 0.6) is 5.75 Å². The summed E-state index contributed by atoms with van der Waals surface area (Å²) in [6, 6.07) is 27.5. The average Bonchev–Trinajstić information content (AvgIpc) is 2.73. The minimum Gasteiger partial charge on any atom is -0.496 e. The van der Waals surface area contributed by atoms with Gasteiger partial charge in [-0.15, -0.1) is 11.8 Å². The van der Waals surface area contributed by atoms with Gasteiger partial charge in [0.15, 0.2) is 0 Å². The van der Waals surface area contributed by atoms with Gasteiger partial charge in [0.2, 0.25) is 5.91 Å². The first-order valence-corrected chi connectivity index (χ1v) is 9.77. The number of carbonyl (C=O) groups excluding carboxylic acids is 1. The molecule has 0 radical (unpaired) electrons. The van der Waals surface area contributed by atoms with Gasteiger partial charge in [0.05, 0.1) is 13.2 Å². The van der Waals surface area contributed by atoms with E-state index in [1.165, 1.54) is 0 Å². The summed E-state index contributed by atoms with van der Waals surface area (Å²) in [4.78, 5) is 14.2. The highest BCUT2D eigenvalue weighted by molar-refractivity contribution is 8.00. The Kier molecular flexibility index (Phi) is 6.55. The van der Waals surface area contributed by atoms with E-state index in [1.807, 2.05) is 91.9 Å². The zero-order valence-electron chi connectivity index (χ0n) is 15.5.